The predicted octanol–water partition coefficient (Wildman–Crippen LogP) is 4.50. The van der Waals surface area contributed by atoms with Crippen LogP contribution in [0.4, 0.5) is 0 Å². The monoisotopic (exact) mass is 240 g/mol. The van der Waals surface area contributed by atoms with Crippen molar-refractivity contribution in [2.45, 2.75) is 40.5 Å². The van der Waals surface area contributed by atoms with Crippen LogP contribution in [0.2, 0.25) is 0 Å². The predicted molar refractivity (Wildman–Crippen MR) is 62.4 cm³/mol. The number of rotatable bonds is 1. The van der Waals surface area contributed by atoms with Crippen LogP contribution < -0.4 is 0 Å². The fourth-order valence-corrected chi connectivity index (χ4v) is 2.17. The topological polar surface area (TPSA) is 0 Å². The third-order valence-corrected chi connectivity index (χ3v) is 3.64. The molecule has 0 bridgehead atoms. The Morgan fingerprint density at radius 2 is 1.54 bits per heavy atom. The summed E-state index contributed by atoms with van der Waals surface area (Å²) >= 11 is 3.60. The van der Waals surface area contributed by atoms with Crippen molar-refractivity contribution in [3.63, 3.8) is 0 Å². The number of hydrogen-bond donors (Lipinski definition) is 0. The van der Waals surface area contributed by atoms with Crippen molar-refractivity contribution in [3.05, 3.63) is 32.8 Å². The van der Waals surface area contributed by atoms with Gasteiger partial charge in [0.2, 0.25) is 0 Å². The van der Waals surface area contributed by atoms with E-state index in [1.165, 1.54) is 26.7 Å². The normalized spacial score (nSPS) is 11.0. The number of hydrogen-bond acceptors (Lipinski definition) is 0. The Labute approximate surface area is 89.5 Å². The van der Waals surface area contributed by atoms with Gasteiger partial charge in [-0.1, -0.05) is 29.8 Å². The molecule has 0 saturated carbocycles. The van der Waals surface area contributed by atoms with Gasteiger partial charge in [0, 0.05) is 4.47 Å². The van der Waals surface area contributed by atoms with E-state index in [9.17, 15) is 0 Å². The maximum absolute atomic E-state index is 3.60. The molecule has 0 amide bonds. The molecule has 0 heterocycles. The molecule has 0 aromatic heterocycles. The molecule has 1 heteroatoms. The van der Waals surface area contributed by atoms with E-state index < -0.39 is 0 Å². The molecule has 0 atom stereocenters. The molecule has 0 aliphatic rings. The average Bonchev–Trinajstić information content (AvgIpc) is 2.07. The van der Waals surface area contributed by atoms with Crippen molar-refractivity contribution in [1.82, 2.24) is 0 Å². The van der Waals surface area contributed by atoms with Crippen molar-refractivity contribution >= 4 is 15.9 Å². The van der Waals surface area contributed by atoms with Crippen molar-refractivity contribution in [2.24, 2.45) is 0 Å². The minimum absolute atomic E-state index is 0.607. The van der Waals surface area contributed by atoms with Gasteiger partial charge in [-0.25, -0.2) is 0 Å². The molecule has 0 fully saturated rings. The largest absolute Gasteiger partial charge is 0.0587 e. The van der Waals surface area contributed by atoms with Crippen LogP contribution in [0.3, 0.4) is 0 Å². The van der Waals surface area contributed by atoms with Crippen LogP contribution >= 0.6 is 15.9 Å². The van der Waals surface area contributed by atoms with E-state index >= 15 is 0 Å². The van der Waals surface area contributed by atoms with Crippen molar-refractivity contribution in [1.29, 1.82) is 0 Å². The molecule has 0 saturated heterocycles. The Balaban J connectivity index is 3.41. The molecule has 1 rings (SSSR count). The van der Waals surface area contributed by atoms with Gasteiger partial charge >= 0.3 is 0 Å². The van der Waals surface area contributed by atoms with E-state index in [4.69, 9.17) is 0 Å². The van der Waals surface area contributed by atoms with Crippen molar-refractivity contribution < 1.29 is 0 Å². The average molecular weight is 241 g/mol. The molecular formula is C12H17Br. The Morgan fingerprint density at radius 1 is 1.00 bits per heavy atom. The van der Waals surface area contributed by atoms with E-state index in [0.29, 0.717) is 5.92 Å². The van der Waals surface area contributed by atoms with Crippen LogP contribution in [0.25, 0.3) is 0 Å². The fourth-order valence-electron chi connectivity index (χ4n) is 1.63. The molecule has 0 aliphatic heterocycles. The lowest BCUT2D eigenvalue weighted by Gasteiger charge is -2.15. The summed E-state index contributed by atoms with van der Waals surface area (Å²) in [7, 11) is 0. The first-order valence-electron chi connectivity index (χ1n) is 4.71. The molecule has 0 aliphatic carbocycles. The van der Waals surface area contributed by atoms with Gasteiger partial charge in [-0.2, -0.15) is 0 Å². The van der Waals surface area contributed by atoms with Gasteiger partial charge < -0.3 is 0 Å². The zero-order chi connectivity index (χ0) is 10.2. The highest BCUT2D eigenvalue weighted by Crippen LogP contribution is 2.29. The van der Waals surface area contributed by atoms with Gasteiger partial charge in [-0.3, -0.25) is 0 Å². The third-order valence-electron chi connectivity index (χ3n) is 2.82. The first kappa shape index (κ1) is 10.8. The van der Waals surface area contributed by atoms with Crippen LogP contribution in [0, 0.1) is 20.8 Å². The van der Waals surface area contributed by atoms with Crippen LogP contribution in [-0.4, -0.2) is 0 Å². The molecular weight excluding hydrogens is 224 g/mol. The Hall–Kier alpha value is -0.300. The quantitative estimate of drug-likeness (QED) is 0.679. The summed E-state index contributed by atoms with van der Waals surface area (Å²) in [5.41, 5.74) is 5.67. The maximum atomic E-state index is 3.60. The molecule has 1 aromatic rings. The van der Waals surface area contributed by atoms with Crippen LogP contribution in [0.1, 0.15) is 42.0 Å². The molecule has 0 unspecified atom stereocenters. The second kappa shape index (κ2) is 3.83. The van der Waals surface area contributed by atoms with Crippen LogP contribution in [-0.2, 0) is 0 Å². The summed E-state index contributed by atoms with van der Waals surface area (Å²) in [6, 6.07) is 2.25. The number of benzene rings is 1. The summed E-state index contributed by atoms with van der Waals surface area (Å²) in [4.78, 5) is 0. The van der Waals surface area contributed by atoms with E-state index in [-0.39, 0.29) is 0 Å². The smallest absolute Gasteiger partial charge is 0.0210 e. The highest BCUT2D eigenvalue weighted by Gasteiger charge is 2.09. The van der Waals surface area contributed by atoms with Crippen LogP contribution in [0.5, 0.6) is 0 Å². The first-order valence-corrected chi connectivity index (χ1v) is 5.50. The SMILES string of the molecule is Cc1c(Br)cc(C(C)C)c(C)c1C. The fraction of sp³-hybridized carbons (Fsp3) is 0.500. The minimum atomic E-state index is 0.607. The van der Waals surface area contributed by atoms with Gasteiger partial charge in [0.15, 0.2) is 0 Å². The molecule has 0 N–H and O–H groups in total. The lowest BCUT2D eigenvalue weighted by molar-refractivity contribution is 0.851. The molecule has 0 spiro atoms. The second-order valence-electron chi connectivity index (χ2n) is 3.98. The van der Waals surface area contributed by atoms with E-state index in [1.807, 2.05) is 0 Å². The Kier molecular flexibility index (Phi) is 3.18. The zero-order valence-electron chi connectivity index (χ0n) is 9.03. The molecule has 1 aromatic carbocycles. The molecule has 0 radical (unpaired) electrons. The van der Waals surface area contributed by atoms with Crippen molar-refractivity contribution in [3.8, 4) is 0 Å². The van der Waals surface area contributed by atoms with Crippen molar-refractivity contribution in [2.75, 3.05) is 0 Å². The summed E-state index contributed by atoms with van der Waals surface area (Å²) in [6.07, 6.45) is 0. The number of halogens is 1. The Bertz CT molecular complexity index is 324. The van der Waals surface area contributed by atoms with E-state index in [2.05, 4.69) is 56.6 Å². The summed E-state index contributed by atoms with van der Waals surface area (Å²) in [5, 5.41) is 0. The van der Waals surface area contributed by atoms with Gasteiger partial charge in [-0.15, -0.1) is 0 Å². The highest BCUT2D eigenvalue weighted by molar-refractivity contribution is 9.10. The van der Waals surface area contributed by atoms with Crippen LogP contribution in [0.15, 0.2) is 10.5 Å². The van der Waals surface area contributed by atoms with Gasteiger partial charge in [0.05, 0.1) is 0 Å². The lowest BCUT2D eigenvalue weighted by atomic mass is 9.92. The van der Waals surface area contributed by atoms with Gasteiger partial charge in [-0.05, 0) is 55.0 Å². The lowest BCUT2D eigenvalue weighted by Crippen LogP contribution is -1.97. The minimum Gasteiger partial charge on any atom is -0.0587 e. The molecule has 72 valence electrons. The maximum Gasteiger partial charge on any atom is 0.0210 e. The van der Waals surface area contributed by atoms with Gasteiger partial charge in [0.25, 0.3) is 0 Å². The van der Waals surface area contributed by atoms with Gasteiger partial charge in [0.1, 0.15) is 0 Å². The van der Waals surface area contributed by atoms with E-state index in [1.54, 1.807) is 0 Å². The standard InChI is InChI=1S/C12H17Br/c1-7(2)11-6-12(13)10(5)8(3)9(11)4/h6-7H,1-5H3. The third kappa shape index (κ3) is 1.96. The zero-order valence-corrected chi connectivity index (χ0v) is 10.6. The summed E-state index contributed by atoms with van der Waals surface area (Å²) < 4.78 is 1.24. The first-order chi connectivity index (χ1) is 5.95. The second-order valence-corrected chi connectivity index (χ2v) is 4.83. The summed E-state index contributed by atoms with van der Waals surface area (Å²) in [6.45, 7) is 11.1. The Morgan fingerprint density at radius 3 is 2.00 bits per heavy atom. The molecule has 13 heavy (non-hydrogen) atoms. The van der Waals surface area contributed by atoms with E-state index in [0.717, 1.165) is 0 Å². The highest BCUT2D eigenvalue weighted by atomic mass is 79.9. The molecule has 0 nitrogen and oxygen atoms in total. The summed E-state index contributed by atoms with van der Waals surface area (Å²) in [5.74, 6) is 0.607.